The Morgan fingerprint density at radius 1 is 1.03 bits per heavy atom. The maximum Gasteiger partial charge on any atom is 0.250 e. The van der Waals surface area contributed by atoms with Crippen molar-refractivity contribution in [3.8, 4) is 5.75 Å². The third-order valence-corrected chi connectivity index (χ3v) is 6.00. The number of anilines is 2. The van der Waals surface area contributed by atoms with E-state index in [4.69, 9.17) is 0 Å². The minimum absolute atomic E-state index is 0.00841. The number of nitrogens with one attached hydrogen (secondary N) is 1. The summed E-state index contributed by atoms with van der Waals surface area (Å²) in [5.74, 6) is -0.00149. The predicted octanol–water partition coefficient (Wildman–Crippen LogP) is 3.39. The highest BCUT2D eigenvalue weighted by Gasteiger charge is 2.23. The summed E-state index contributed by atoms with van der Waals surface area (Å²) in [7, 11) is 0. The molecule has 7 nitrogen and oxygen atoms in total. The first-order chi connectivity index (χ1) is 15.6. The van der Waals surface area contributed by atoms with Crippen LogP contribution in [0.5, 0.6) is 5.75 Å². The zero-order valence-electron chi connectivity index (χ0n) is 17.5. The average molecular weight is 449 g/mol. The van der Waals surface area contributed by atoms with E-state index < -0.39 is 0 Å². The Morgan fingerprint density at radius 2 is 1.75 bits per heavy atom. The Bertz CT molecular complexity index is 1110. The van der Waals surface area contributed by atoms with Crippen LogP contribution in [-0.2, 0) is 16.0 Å². The van der Waals surface area contributed by atoms with Crippen LogP contribution in [0.15, 0.2) is 66.1 Å². The van der Waals surface area contributed by atoms with Crippen LogP contribution in [-0.4, -0.2) is 53.0 Å². The summed E-state index contributed by atoms with van der Waals surface area (Å²) >= 11 is 1.30. The molecule has 0 aliphatic carbocycles. The summed E-state index contributed by atoms with van der Waals surface area (Å²) in [6, 6.07) is 16.8. The van der Waals surface area contributed by atoms with Crippen LogP contribution in [0.2, 0.25) is 0 Å². The first-order valence-corrected chi connectivity index (χ1v) is 11.3. The van der Waals surface area contributed by atoms with Gasteiger partial charge in [0.05, 0.1) is 17.8 Å². The molecule has 8 heteroatoms. The highest BCUT2D eigenvalue weighted by Crippen LogP contribution is 2.27. The van der Waals surface area contributed by atoms with Gasteiger partial charge in [0, 0.05) is 37.6 Å². The fourth-order valence-corrected chi connectivity index (χ4v) is 4.24. The molecule has 1 aliphatic rings. The molecule has 2 aromatic carbocycles. The van der Waals surface area contributed by atoms with Gasteiger partial charge in [-0.05, 0) is 23.8 Å². The van der Waals surface area contributed by atoms with Gasteiger partial charge < -0.3 is 14.9 Å². The monoisotopic (exact) mass is 448 g/mol. The lowest BCUT2D eigenvalue weighted by Gasteiger charge is -2.36. The lowest BCUT2D eigenvalue weighted by atomic mass is 10.2. The van der Waals surface area contributed by atoms with E-state index in [0.29, 0.717) is 37.0 Å². The van der Waals surface area contributed by atoms with Crippen molar-refractivity contribution in [3.63, 3.8) is 0 Å². The molecule has 1 saturated heterocycles. The zero-order chi connectivity index (χ0) is 22.3. The lowest BCUT2D eigenvalue weighted by Crippen LogP contribution is -2.49. The molecule has 3 aromatic rings. The Morgan fingerprint density at radius 3 is 2.50 bits per heavy atom. The van der Waals surface area contributed by atoms with Crippen LogP contribution >= 0.6 is 11.3 Å². The van der Waals surface area contributed by atoms with Gasteiger partial charge in [0.2, 0.25) is 11.8 Å². The van der Waals surface area contributed by atoms with Gasteiger partial charge in [-0.2, -0.15) is 0 Å². The number of hydrogen-bond donors (Lipinski definition) is 2. The van der Waals surface area contributed by atoms with Crippen molar-refractivity contribution in [2.45, 2.75) is 6.42 Å². The number of phenols is 1. The number of amides is 2. The van der Waals surface area contributed by atoms with Gasteiger partial charge in [-0.1, -0.05) is 42.5 Å². The van der Waals surface area contributed by atoms with Gasteiger partial charge >= 0.3 is 0 Å². The van der Waals surface area contributed by atoms with E-state index >= 15 is 0 Å². The molecule has 1 aliphatic heterocycles. The van der Waals surface area contributed by atoms with Crippen LogP contribution in [0.1, 0.15) is 11.3 Å². The first-order valence-electron chi connectivity index (χ1n) is 10.4. The molecular weight excluding hydrogens is 424 g/mol. The van der Waals surface area contributed by atoms with Crippen LogP contribution in [0.3, 0.4) is 0 Å². The number of nitrogens with zero attached hydrogens (tertiary/aromatic N) is 3. The molecule has 4 rings (SSSR count). The van der Waals surface area contributed by atoms with Crippen molar-refractivity contribution in [2.24, 2.45) is 0 Å². The quantitative estimate of drug-likeness (QED) is 0.565. The lowest BCUT2D eigenvalue weighted by molar-refractivity contribution is -0.130. The molecule has 0 unspecified atom stereocenters. The third kappa shape index (κ3) is 5.53. The number of thiazole rings is 1. The fourth-order valence-electron chi connectivity index (χ4n) is 3.52. The standard InChI is InChI=1S/C24H24N4O3S/c29-21-9-5-4-8-20(21)27-12-14-28(15-13-27)23(31)16-19-17-32-24(25-19)26-22(30)11-10-18-6-2-1-3-7-18/h1-11,17,29H,12-16H2,(H,25,26,30)/b11-10+. The van der Waals surface area contributed by atoms with Crippen LogP contribution in [0.25, 0.3) is 6.08 Å². The Balaban J connectivity index is 1.26. The molecule has 0 bridgehead atoms. The first kappa shape index (κ1) is 21.6. The summed E-state index contributed by atoms with van der Waals surface area (Å²) in [6.45, 7) is 2.50. The number of aromatic nitrogens is 1. The normalized spacial score (nSPS) is 14.0. The minimum Gasteiger partial charge on any atom is -0.506 e. The third-order valence-electron chi connectivity index (χ3n) is 5.20. The minimum atomic E-state index is -0.263. The molecular formula is C24H24N4O3S. The van der Waals surface area contributed by atoms with Crippen molar-refractivity contribution in [1.29, 1.82) is 0 Å². The number of hydrogen-bond acceptors (Lipinski definition) is 6. The summed E-state index contributed by atoms with van der Waals surface area (Å²) in [6.07, 6.45) is 3.40. The Labute approximate surface area is 190 Å². The second-order valence-electron chi connectivity index (χ2n) is 7.41. The second-order valence-corrected chi connectivity index (χ2v) is 8.27. The van der Waals surface area contributed by atoms with E-state index in [0.717, 1.165) is 11.3 Å². The molecule has 0 saturated carbocycles. The van der Waals surface area contributed by atoms with Gasteiger partial charge in [0.25, 0.3) is 0 Å². The molecule has 0 radical (unpaired) electrons. The van der Waals surface area contributed by atoms with Crippen molar-refractivity contribution >= 4 is 40.0 Å². The highest BCUT2D eigenvalue weighted by atomic mass is 32.1. The number of piperazine rings is 1. The van der Waals surface area contributed by atoms with Crippen molar-refractivity contribution in [2.75, 3.05) is 36.4 Å². The van der Waals surface area contributed by atoms with Gasteiger partial charge in [0.15, 0.2) is 5.13 Å². The number of benzene rings is 2. The second kappa shape index (κ2) is 10.1. The van der Waals surface area contributed by atoms with Gasteiger partial charge in [-0.3, -0.25) is 14.9 Å². The zero-order valence-corrected chi connectivity index (χ0v) is 18.3. The number of aromatic hydroxyl groups is 1. The summed E-state index contributed by atoms with van der Waals surface area (Å²) < 4.78 is 0. The molecule has 1 aromatic heterocycles. The SMILES string of the molecule is O=C(/C=C/c1ccccc1)Nc1nc(CC(=O)N2CCN(c3ccccc3O)CC2)cs1. The van der Waals surface area contributed by atoms with E-state index in [9.17, 15) is 14.7 Å². The van der Waals surface area contributed by atoms with Crippen molar-refractivity contribution in [1.82, 2.24) is 9.88 Å². The van der Waals surface area contributed by atoms with E-state index in [2.05, 4.69) is 15.2 Å². The van der Waals surface area contributed by atoms with Crippen LogP contribution < -0.4 is 10.2 Å². The largest absolute Gasteiger partial charge is 0.506 e. The van der Waals surface area contributed by atoms with Crippen molar-refractivity contribution in [3.05, 3.63) is 77.3 Å². The smallest absolute Gasteiger partial charge is 0.250 e. The number of carbonyl (C=O) groups excluding carboxylic acids is 2. The molecule has 0 atom stereocenters. The van der Waals surface area contributed by atoms with Crippen LogP contribution in [0, 0.1) is 0 Å². The number of carbonyl (C=O) groups is 2. The van der Waals surface area contributed by atoms with Gasteiger partial charge in [-0.15, -0.1) is 11.3 Å². The van der Waals surface area contributed by atoms with E-state index in [1.54, 1.807) is 23.6 Å². The molecule has 32 heavy (non-hydrogen) atoms. The maximum absolute atomic E-state index is 12.7. The maximum atomic E-state index is 12.7. The molecule has 0 spiro atoms. The molecule has 2 N–H and O–H groups in total. The van der Waals surface area contributed by atoms with E-state index in [1.165, 1.54) is 17.4 Å². The van der Waals surface area contributed by atoms with E-state index in [-0.39, 0.29) is 24.0 Å². The van der Waals surface area contributed by atoms with Crippen molar-refractivity contribution < 1.29 is 14.7 Å². The molecule has 2 heterocycles. The van der Waals surface area contributed by atoms with Gasteiger partial charge in [-0.25, -0.2) is 4.98 Å². The number of para-hydroxylation sites is 2. The number of rotatable bonds is 6. The van der Waals surface area contributed by atoms with E-state index in [1.807, 2.05) is 47.4 Å². The molecule has 1 fully saturated rings. The Kier molecular flexibility index (Phi) is 6.81. The molecule has 164 valence electrons. The predicted molar refractivity (Wildman–Crippen MR) is 127 cm³/mol. The molecule has 2 amide bonds. The topological polar surface area (TPSA) is 85.8 Å². The average Bonchev–Trinajstić information content (AvgIpc) is 3.25. The van der Waals surface area contributed by atoms with Crippen LogP contribution in [0.4, 0.5) is 10.8 Å². The number of phenolic OH excluding ortho intramolecular Hbond substituents is 1. The Hall–Kier alpha value is -3.65. The summed E-state index contributed by atoms with van der Waals surface area (Å²) in [5.41, 5.74) is 2.38. The summed E-state index contributed by atoms with van der Waals surface area (Å²) in [5, 5.41) is 15.0. The highest BCUT2D eigenvalue weighted by molar-refractivity contribution is 7.14. The summed E-state index contributed by atoms with van der Waals surface area (Å²) in [4.78, 5) is 33.1. The fraction of sp³-hybridized carbons (Fsp3) is 0.208. The van der Waals surface area contributed by atoms with Gasteiger partial charge in [0.1, 0.15) is 5.75 Å².